The zero-order valence-corrected chi connectivity index (χ0v) is 11.2. The molecule has 1 aromatic rings. The summed E-state index contributed by atoms with van der Waals surface area (Å²) < 4.78 is 0. The minimum absolute atomic E-state index is 0.0418. The lowest BCUT2D eigenvalue weighted by molar-refractivity contribution is 0.0636. The number of Topliss-reactive ketones (excluding diaryl/α,β-unsaturated/α-hetero) is 1. The molecule has 0 bridgehead atoms. The number of aromatic nitrogens is 1. The summed E-state index contributed by atoms with van der Waals surface area (Å²) in [5, 5.41) is 0. The molecule has 6 nitrogen and oxygen atoms in total. The molecule has 1 saturated heterocycles. The van der Waals surface area contributed by atoms with Gasteiger partial charge in [0.2, 0.25) is 0 Å². The highest BCUT2D eigenvalue weighted by Crippen LogP contribution is 2.09. The minimum atomic E-state index is -0.0631. The fourth-order valence-electron chi connectivity index (χ4n) is 2.25. The lowest BCUT2D eigenvalue weighted by Gasteiger charge is -2.34. The average Bonchev–Trinajstić information content (AvgIpc) is 2.89. The first-order valence-electron chi connectivity index (χ1n) is 6.53. The third-order valence-electron chi connectivity index (χ3n) is 3.40. The van der Waals surface area contributed by atoms with Gasteiger partial charge in [-0.05, 0) is 12.1 Å². The lowest BCUT2D eigenvalue weighted by Crippen LogP contribution is -2.49. The van der Waals surface area contributed by atoms with Crippen molar-refractivity contribution in [1.29, 1.82) is 0 Å². The van der Waals surface area contributed by atoms with Crippen LogP contribution in [0.25, 0.3) is 0 Å². The molecular weight excluding hydrogens is 244 g/mol. The van der Waals surface area contributed by atoms with Gasteiger partial charge in [0.25, 0.3) is 5.91 Å². The number of hydrogen-bond donors (Lipinski definition) is 2. The maximum Gasteiger partial charge on any atom is 0.270 e. The van der Waals surface area contributed by atoms with Crippen molar-refractivity contribution < 1.29 is 9.59 Å². The molecule has 1 aliphatic rings. The van der Waals surface area contributed by atoms with Gasteiger partial charge in [-0.25, -0.2) is 0 Å². The topological polar surface area (TPSA) is 82.4 Å². The Labute approximate surface area is 112 Å². The van der Waals surface area contributed by atoms with Gasteiger partial charge in [0.05, 0.1) is 5.69 Å². The van der Waals surface area contributed by atoms with Crippen molar-refractivity contribution in [3.8, 4) is 0 Å². The largest absolute Gasteiger partial charge is 0.348 e. The van der Waals surface area contributed by atoms with Gasteiger partial charge in [-0.1, -0.05) is 0 Å². The van der Waals surface area contributed by atoms with Crippen LogP contribution >= 0.6 is 0 Å². The van der Waals surface area contributed by atoms with E-state index in [0.717, 1.165) is 19.6 Å². The number of carbonyl (C=O) groups excluding carboxylic acids is 2. The summed E-state index contributed by atoms with van der Waals surface area (Å²) in [5.41, 5.74) is 6.48. The first kappa shape index (κ1) is 13.8. The quantitative estimate of drug-likeness (QED) is 0.746. The number of nitrogens with zero attached hydrogens (tertiary/aromatic N) is 2. The molecule has 0 radical (unpaired) electrons. The molecule has 0 unspecified atom stereocenters. The molecule has 0 saturated carbocycles. The zero-order chi connectivity index (χ0) is 13.8. The zero-order valence-electron chi connectivity index (χ0n) is 11.2. The van der Waals surface area contributed by atoms with E-state index in [4.69, 9.17) is 5.73 Å². The van der Waals surface area contributed by atoms with E-state index in [0.29, 0.717) is 31.0 Å². The first-order valence-corrected chi connectivity index (χ1v) is 6.53. The summed E-state index contributed by atoms with van der Waals surface area (Å²) in [6, 6.07) is 3.32. The summed E-state index contributed by atoms with van der Waals surface area (Å²) >= 11 is 0. The molecule has 3 N–H and O–H groups in total. The van der Waals surface area contributed by atoms with E-state index < -0.39 is 0 Å². The fraction of sp³-hybridized carbons (Fsp3) is 0.538. The summed E-state index contributed by atoms with van der Waals surface area (Å²) in [6.07, 6.45) is 0. The van der Waals surface area contributed by atoms with E-state index in [1.807, 2.05) is 4.90 Å². The van der Waals surface area contributed by atoms with Crippen LogP contribution < -0.4 is 5.73 Å². The second kappa shape index (κ2) is 5.99. The molecule has 1 fully saturated rings. The van der Waals surface area contributed by atoms with Crippen molar-refractivity contribution in [2.75, 3.05) is 39.3 Å². The standard InChI is InChI=1S/C13H20N4O2/c1-10(18)11-2-3-12(15-11)13(19)17-8-6-16(5-4-14)7-9-17/h2-3,15H,4-9,14H2,1H3. The van der Waals surface area contributed by atoms with E-state index in [1.54, 1.807) is 12.1 Å². The van der Waals surface area contributed by atoms with Crippen LogP contribution in [0.5, 0.6) is 0 Å². The number of H-pyrrole nitrogens is 1. The first-order chi connectivity index (χ1) is 9.11. The van der Waals surface area contributed by atoms with Crippen LogP contribution in [-0.4, -0.2) is 65.7 Å². The van der Waals surface area contributed by atoms with E-state index in [9.17, 15) is 9.59 Å². The molecule has 6 heteroatoms. The van der Waals surface area contributed by atoms with Crippen molar-refractivity contribution in [2.45, 2.75) is 6.92 Å². The highest BCUT2D eigenvalue weighted by molar-refractivity contribution is 5.97. The maximum absolute atomic E-state index is 12.2. The van der Waals surface area contributed by atoms with Crippen molar-refractivity contribution in [3.05, 3.63) is 23.5 Å². The number of nitrogens with one attached hydrogen (secondary N) is 1. The van der Waals surface area contributed by atoms with Crippen LogP contribution in [0.3, 0.4) is 0 Å². The van der Waals surface area contributed by atoms with Gasteiger partial charge in [-0.15, -0.1) is 0 Å². The van der Waals surface area contributed by atoms with Gasteiger partial charge in [0, 0.05) is 46.2 Å². The van der Waals surface area contributed by atoms with Gasteiger partial charge >= 0.3 is 0 Å². The van der Waals surface area contributed by atoms with Gasteiger partial charge in [-0.3, -0.25) is 14.5 Å². The van der Waals surface area contributed by atoms with E-state index in [1.165, 1.54) is 6.92 Å². The Morgan fingerprint density at radius 3 is 2.37 bits per heavy atom. The third-order valence-corrected chi connectivity index (χ3v) is 3.40. The van der Waals surface area contributed by atoms with Crippen LogP contribution in [-0.2, 0) is 0 Å². The maximum atomic E-state index is 12.2. The van der Waals surface area contributed by atoms with Crippen molar-refractivity contribution in [2.24, 2.45) is 5.73 Å². The number of piperazine rings is 1. The molecule has 2 rings (SSSR count). The lowest BCUT2D eigenvalue weighted by atomic mass is 10.2. The van der Waals surface area contributed by atoms with Crippen LogP contribution in [0, 0.1) is 0 Å². The highest BCUT2D eigenvalue weighted by atomic mass is 16.2. The molecule has 0 aromatic carbocycles. The van der Waals surface area contributed by atoms with Crippen LogP contribution in [0.4, 0.5) is 0 Å². The molecule has 19 heavy (non-hydrogen) atoms. The Kier molecular flexibility index (Phi) is 4.34. The minimum Gasteiger partial charge on any atom is -0.348 e. The second-order valence-corrected chi connectivity index (χ2v) is 4.76. The molecule has 2 heterocycles. The predicted octanol–water partition coefficient (Wildman–Crippen LogP) is -0.0662. The molecular formula is C13H20N4O2. The van der Waals surface area contributed by atoms with Gasteiger partial charge in [-0.2, -0.15) is 0 Å². The Hall–Kier alpha value is -1.66. The molecule has 0 atom stereocenters. The Morgan fingerprint density at radius 1 is 1.21 bits per heavy atom. The summed E-state index contributed by atoms with van der Waals surface area (Å²) in [7, 11) is 0. The van der Waals surface area contributed by atoms with E-state index >= 15 is 0 Å². The number of carbonyl (C=O) groups is 2. The van der Waals surface area contributed by atoms with E-state index in [-0.39, 0.29) is 11.7 Å². The second-order valence-electron chi connectivity index (χ2n) is 4.76. The Balaban J connectivity index is 1.95. The molecule has 0 aliphatic carbocycles. The van der Waals surface area contributed by atoms with Gasteiger partial charge in [0.15, 0.2) is 5.78 Å². The Morgan fingerprint density at radius 2 is 1.84 bits per heavy atom. The Bertz CT molecular complexity index is 461. The third kappa shape index (κ3) is 3.21. The van der Waals surface area contributed by atoms with Crippen LogP contribution in [0.1, 0.15) is 27.9 Å². The molecule has 104 valence electrons. The van der Waals surface area contributed by atoms with Gasteiger partial charge in [0.1, 0.15) is 5.69 Å². The predicted molar refractivity (Wildman–Crippen MR) is 72.2 cm³/mol. The number of amides is 1. The van der Waals surface area contributed by atoms with Gasteiger partial charge < -0.3 is 15.6 Å². The molecule has 0 spiro atoms. The summed E-state index contributed by atoms with van der Waals surface area (Å²) in [5.74, 6) is -0.105. The van der Waals surface area contributed by atoms with Crippen LogP contribution in [0.2, 0.25) is 0 Å². The summed E-state index contributed by atoms with van der Waals surface area (Å²) in [6.45, 7) is 6.10. The SMILES string of the molecule is CC(=O)c1ccc(C(=O)N2CCN(CCN)CC2)[nH]1. The smallest absolute Gasteiger partial charge is 0.270 e. The number of hydrogen-bond acceptors (Lipinski definition) is 4. The number of rotatable bonds is 4. The van der Waals surface area contributed by atoms with Crippen molar-refractivity contribution in [1.82, 2.24) is 14.8 Å². The monoisotopic (exact) mass is 264 g/mol. The van der Waals surface area contributed by atoms with Crippen LogP contribution in [0.15, 0.2) is 12.1 Å². The summed E-state index contributed by atoms with van der Waals surface area (Å²) in [4.78, 5) is 30.4. The average molecular weight is 264 g/mol. The number of ketones is 1. The molecule has 1 aromatic heterocycles. The highest BCUT2D eigenvalue weighted by Gasteiger charge is 2.22. The van der Waals surface area contributed by atoms with Crippen molar-refractivity contribution >= 4 is 11.7 Å². The molecule has 1 amide bonds. The molecule has 1 aliphatic heterocycles. The number of nitrogens with two attached hydrogens (primary N) is 1. The normalized spacial score (nSPS) is 16.6. The van der Waals surface area contributed by atoms with E-state index in [2.05, 4.69) is 9.88 Å². The number of aromatic amines is 1. The van der Waals surface area contributed by atoms with Crippen molar-refractivity contribution in [3.63, 3.8) is 0 Å². The fourth-order valence-corrected chi connectivity index (χ4v) is 2.25.